The molecule has 17 heteroatoms. The number of nitro benzene ring substituents is 1. The number of anilines is 2. The third kappa shape index (κ3) is 10.7. The maximum atomic E-state index is 14.1. The second kappa shape index (κ2) is 19.4. The molecule has 72 heavy (non-hydrogen) atoms. The summed E-state index contributed by atoms with van der Waals surface area (Å²) in [5.74, 6) is -0.301. The largest absolute Gasteiger partial charge is 0.455 e. The van der Waals surface area contributed by atoms with Crippen LogP contribution in [-0.2, 0) is 22.0 Å². The number of carbonyl (C=O) groups is 1. The number of ether oxygens (including phenoxy) is 1. The number of amides is 1. The Morgan fingerprint density at radius 1 is 0.931 bits per heavy atom. The van der Waals surface area contributed by atoms with Crippen LogP contribution >= 0.6 is 11.3 Å². The Kier molecular flexibility index (Phi) is 13.3. The number of aromatic amines is 1. The standard InChI is InChI=1S/C55H63N7O8S2/c1-53(2)16-13-39(45(30-53)50-27-40(34-71-50)36-5-9-46-37(25-36)14-19-55(46,4)65)33-60-21-23-61(24-22-60)41-6-8-44(49(28-41)70-42-26-38-15-20-56-51(38)58-32-42)52(63)59-72(68,69)43-7-10-47(48(29-43)62(66)67)57-31-35-11-17-54(3,64)18-12-35/h5-10,15,20,25-29,32,34-35,57,64-65H,11-14,16-19,21-24,30-31,33H2,1-4H3,(H,56,58)(H,59,63)/t35-,54-,55?. The van der Waals surface area contributed by atoms with Gasteiger partial charge < -0.3 is 30.2 Å². The molecule has 3 aromatic heterocycles. The summed E-state index contributed by atoms with van der Waals surface area (Å²) < 4.78 is 36.1. The van der Waals surface area contributed by atoms with Crippen LogP contribution in [0.1, 0.15) is 105 Å². The average Bonchev–Trinajstić information content (AvgIpc) is 4.11. The predicted molar refractivity (Wildman–Crippen MR) is 282 cm³/mol. The van der Waals surface area contributed by atoms with E-state index >= 15 is 0 Å². The molecule has 10 rings (SSSR count). The Hall–Kier alpha value is -6.11. The molecule has 3 aromatic carbocycles. The fourth-order valence-corrected chi connectivity index (χ4v) is 12.9. The number of aromatic nitrogens is 2. The molecule has 2 fully saturated rings. The van der Waals surface area contributed by atoms with Gasteiger partial charge in [0, 0.05) is 73.5 Å². The smallest absolute Gasteiger partial charge is 0.293 e. The number of rotatable bonds is 14. The molecule has 1 aliphatic heterocycles. The second-order valence-corrected chi connectivity index (χ2v) is 24.2. The fourth-order valence-electron chi connectivity index (χ4n) is 10.9. The Morgan fingerprint density at radius 3 is 2.50 bits per heavy atom. The normalized spacial score (nSPS) is 22.5. The highest BCUT2D eigenvalue weighted by molar-refractivity contribution is 7.90. The first-order valence-corrected chi connectivity index (χ1v) is 27.3. The third-order valence-electron chi connectivity index (χ3n) is 15.4. The maximum Gasteiger partial charge on any atom is 0.293 e. The minimum Gasteiger partial charge on any atom is -0.455 e. The molecular formula is C55H63N7O8S2. The number of fused-ring (bicyclic) bond motifs is 2. The fraction of sp³-hybridized carbons (Fsp3) is 0.418. The minimum atomic E-state index is -4.59. The van der Waals surface area contributed by atoms with Crippen molar-refractivity contribution in [3.8, 4) is 22.6 Å². The molecule has 0 radical (unpaired) electrons. The van der Waals surface area contributed by atoms with Crippen molar-refractivity contribution in [3.63, 3.8) is 0 Å². The lowest BCUT2D eigenvalue weighted by Crippen LogP contribution is -2.47. The van der Waals surface area contributed by atoms with Gasteiger partial charge in [-0.1, -0.05) is 37.6 Å². The quantitative estimate of drug-likeness (QED) is 0.0511. The molecule has 1 atom stereocenters. The summed E-state index contributed by atoms with van der Waals surface area (Å²) in [7, 11) is -4.59. The van der Waals surface area contributed by atoms with Crippen molar-refractivity contribution < 1.29 is 33.1 Å². The van der Waals surface area contributed by atoms with Gasteiger partial charge in [0.25, 0.3) is 21.6 Å². The number of H-pyrrole nitrogens is 1. The van der Waals surface area contributed by atoms with Gasteiger partial charge in [0.1, 0.15) is 22.8 Å². The van der Waals surface area contributed by atoms with E-state index in [2.05, 4.69) is 73.3 Å². The van der Waals surface area contributed by atoms with E-state index in [9.17, 15) is 33.5 Å². The summed E-state index contributed by atoms with van der Waals surface area (Å²) in [6, 6.07) is 21.1. The molecule has 0 spiro atoms. The van der Waals surface area contributed by atoms with E-state index in [1.54, 1.807) is 30.5 Å². The van der Waals surface area contributed by atoms with Crippen molar-refractivity contribution in [3.05, 3.63) is 128 Å². The van der Waals surface area contributed by atoms with Crippen LogP contribution < -0.4 is 19.7 Å². The van der Waals surface area contributed by atoms with E-state index in [1.807, 2.05) is 31.3 Å². The monoisotopic (exact) mass is 1010 g/mol. The number of nitro groups is 1. The van der Waals surface area contributed by atoms with E-state index in [0.29, 0.717) is 43.9 Å². The lowest BCUT2D eigenvalue weighted by molar-refractivity contribution is -0.384. The highest BCUT2D eigenvalue weighted by Gasteiger charge is 2.34. The summed E-state index contributed by atoms with van der Waals surface area (Å²) in [5.41, 5.74) is 7.49. The van der Waals surface area contributed by atoms with E-state index in [1.165, 1.54) is 51.0 Å². The first kappa shape index (κ1) is 49.5. The summed E-state index contributed by atoms with van der Waals surface area (Å²) in [6.45, 7) is 12.8. The van der Waals surface area contributed by atoms with E-state index < -0.39 is 42.6 Å². The summed E-state index contributed by atoms with van der Waals surface area (Å²) in [4.78, 5) is 38.8. The maximum absolute atomic E-state index is 14.1. The number of piperazine rings is 1. The third-order valence-corrected chi connectivity index (χ3v) is 17.7. The van der Waals surface area contributed by atoms with Crippen LogP contribution in [0.25, 0.3) is 27.7 Å². The van der Waals surface area contributed by atoms with Crippen molar-refractivity contribution >= 4 is 60.9 Å². The van der Waals surface area contributed by atoms with Crippen LogP contribution in [0, 0.1) is 21.4 Å². The van der Waals surface area contributed by atoms with E-state index in [4.69, 9.17) is 4.74 Å². The van der Waals surface area contributed by atoms with Gasteiger partial charge in [-0.05, 0) is 159 Å². The number of allylic oxidation sites excluding steroid dienone is 1. The molecule has 1 saturated carbocycles. The molecule has 5 N–H and O–H groups in total. The number of hydrogen-bond donors (Lipinski definition) is 5. The zero-order valence-electron chi connectivity index (χ0n) is 41.3. The molecule has 1 unspecified atom stereocenters. The zero-order valence-corrected chi connectivity index (χ0v) is 42.9. The van der Waals surface area contributed by atoms with Crippen LogP contribution in [0.4, 0.5) is 17.1 Å². The van der Waals surface area contributed by atoms with E-state index in [-0.39, 0.29) is 28.3 Å². The first-order chi connectivity index (χ1) is 34.3. The number of hydrogen-bond acceptors (Lipinski definition) is 13. The Morgan fingerprint density at radius 2 is 1.72 bits per heavy atom. The number of benzene rings is 3. The topological polar surface area (TPSA) is 203 Å². The molecule has 0 bridgehead atoms. The van der Waals surface area contributed by atoms with Crippen molar-refractivity contribution in [1.29, 1.82) is 0 Å². The van der Waals surface area contributed by atoms with Crippen molar-refractivity contribution in [2.45, 2.75) is 102 Å². The van der Waals surface area contributed by atoms with Gasteiger partial charge in [-0.25, -0.2) is 18.1 Å². The molecule has 4 heterocycles. The van der Waals surface area contributed by atoms with Crippen LogP contribution in [0.2, 0.25) is 0 Å². The molecule has 4 aliphatic rings. The summed E-state index contributed by atoms with van der Waals surface area (Å²) >= 11 is 1.82. The molecule has 378 valence electrons. The number of nitrogens with one attached hydrogen (secondary N) is 3. The van der Waals surface area contributed by atoms with Crippen LogP contribution in [0.15, 0.2) is 101 Å². The number of pyridine rings is 1. The number of thiophene rings is 1. The number of carbonyl (C=O) groups excluding carboxylic acids is 1. The van der Waals surface area contributed by atoms with Crippen LogP contribution in [-0.4, -0.2) is 89.2 Å². The highest BCUT2D eigenvalue weighted by Crippen LogP contribution is 2.46. The van der Waals surface area contributed by atoms with E-state index in [0.717, 1.165) is 87.3 Å². The van der Waals surface area contributed by atoms with Gasteiger partial charge in [0.15, 0.2) is 0 Å². The summed E-state index contributed by atoms with van der Waals surface area (Å²) in [5, 5.41) is 39.6. The van der Waals surface area contributed by atoms with Gasteiger partial charge in [0.05, 0.1) is 32.8 Å². The lowest BCUT2D eigenvalue weighted by Gasteiger charge is -2.39. The van der Waals surface area contributed by atoms with Crippen molar-refractivity contribution in [2.75, 3.05) is 49.5 Å². The first-order valence-electron chi connectivity index (χ1n) is 25.0. The second-order valence-electron chi connectivity index (χ2n) is 21.6. The Balaban J connectivity index is 0.848. The van der Waals surface area contributed by atoms with Gasteiger partial charge in [-0.2, -0.15) is 0 Å². The Labute approximate surface area is 424 Å². The average molecular weight is 1010 g/mol. The zero-order chi connectivity index (χ0) is 50.6. The van der Waals surface area contributed by atoms with Crippen LogP contribution in [0.5, 0.6) is 11.5 Å². The highest BCUT2D eigenvalue weighted by atomic mass is 32.2. The van der Waals surface area contributed by atoms with Gasteiger partial charge in [-0.15, -0.1) is 11.3 Å². The lowest BCUT2D eigenvalue weighted by atomic mass is 9.73. The molecule has 1 saturated heterocycles. The van der Waals surface area contributed by atoms with Crippen molar-refractivity contribution in [1.82, 2.24) is 19.6 Å². The molecule has 6 aromatic rings. The van der Waals surface area contributed by atoms with Crippen LogP contribution in [0.3, 0.4) is 0 Å². The predicted octanol–water partition coefficient (Wildman–Crippen LogP) is 10.4. The van der Waals surface area contributed by atoms with Gasteiger partial charge in [-0.3, -0.25) is 19.8 Å². The van der Waals surface area contributed by atoms with Crippen molar-refractivity contribution in [2.24, 2.45) is 11.3 Å². The number of sulfonamides is 1. The van der Waals surface area contributed by atoms with Gasteiger partial charge in [0.2, 0.25) is 0 Å². The molecular weight excluding hydrogens is 951 g/mol. The number of aryl methyl sites for hydroxylation is 1. The van der Waals surface area contributed by atoms with Gasteiger partial charge >= 0.3 is 0 Å². The number of aliphatic hydroxyl groups is 2. The Bertz CT molecular complexity index is 3190. The summed E-state index contributed by atoms with van der Waals surface area (Å²) in [6.07, 6.45) is 10.9. The number of nitrogens with zero attached hydrogens (tertiary/aromatic N) is 4. The molecule has 1 amide bonds. The minimum absolute atomic E-state index is 0.0462. The molecule has 3 aliphatic carbocycles. The molecule has 15 nitrogen and oxygen atoms in total. The SMILES string of the molecule is CC1(C)CCC(CN2CCN(c3ccc(C(=O)NS(=O)(=O)c4ccc(NC[C@H]5CC[C@](C)(O)CC5)c([N+](=O)[O-])c4)c(Oc4cnc5[nH]ccc5c4)c3)CC2)=C(c2cc(-c3ccc4c(c3)CCC4(C)O)cs2)C1.